The summed E-state index contributed by atoms with van der Waals surface area (Å²) in [6.45, 7) is -0.477. The molecule has 0 saturated heterocycles. The van der Waals surface area contributed by atoms with Crippen LogP contribution in [-0.2, 0) is 21.0 Å². The highest BCUT2D eigenvalue weighted by molar-refractivity contribution is 7.89. The minimum atomic E-state index is -4.97. The van der Waals surface area contributed by atoms with Gasteiger partial charge in [0.15, 0.2) is 0 Å². The van der Waals surface area contributed by atoms with Gasteiger partial charge in [0.1, 0.15) is 0 Å². The number of nitrogens with zero attached hydrogens (tertiary/aromatic N) is 2. The molecule has 0 heterocycles. The van der Waals surface area contributed by atoms with Gasteiger partial charge in [0.05, 0.1) is 28.5 Å². The second kappa shape index (κ2) is 6.33. The Balaban J connectivity index is 3.36. The van der Waals surface area contributed by atoms with Crippen LogP contribution >= 0.6 is 0 Å². The van der Waals surface area contributed by atoms with E-state index in [4.69, 9.17) is 10.4 Å². The summed E-state index contributed by atoms with van der Waals surface area (Å²) >= 11 is 0. The predicted octanol–water partition coefficient (Wildman–Crippen LogP) is 1.67. The van der Waals surface area contributed by atoms with E-state index in [1.165, 1.54) is 6.07 Å². The molecule has 0 radical (unpaired) electrons. The number of carboxylic acid groups (broad SMARTS) is 1. The lowest BCUT2D eigenvalue weighted by atomic mass is 10.1. The van der Waals surface area contributed by atoms with E-state index in [-0.39, 0.29) is 5.56 Å². The number of carboxylic acids is 1. The quantitative estimate of drug-likeness (QED) is 0.882. The van der Waals surface area contributed by atoms with Crippen LogP contribution in [0.5, 0.6) is 0 Å². The van der Waals surface area contributed by atoms with E-state index in [1.807, 2.05) is 0 Å². The van der Waals surface area contributed by atoms with Gasteiger partial charge in [-0.25, -0.2) is 12.7 Å². The maximum absolute atomic E-state index is 13.0. The minimum Gasteiger partial charge on any atom is -0.481 e. The van der Waals surface area contributed by atoms with Gasteiger partial charge >= 0.3 is 12.1 Å². The van der Waals surface area contributed by atoms with Gasteiger partial charge in [-0.15, -0.1) is 0 Å². The molecule has 0 aliphatic heterocycles. The van der Waals surface area contributed by atoms with Crippen molar-refractivity contribution in [2.24, 2.45) is 0 Å². The molecule has 22 heavy (non-hydrogen) atoms. The van der Waals surface area contributed by atoms with Crippen LogP contribution in [0.2, 0.25) is 0 Å². The molecule has 0 spiro atoms. The third kappa shape index (κ3) is 3.96. The van der Waals surface area contributed by atoms with Crippen LogP contribution in [-0.4, -0.2) is 37.4 Å². The first-order valence-electron chi connectivity index (χ1n) is 5.79. The molecule has 1 rings (SSSR count). The van der Waals surface area contributed by atoms with Crippen molar-refractivity contribution in [1.29, 1.82) is 5.26 Å². The number of nitriles is 1. The molecule has 0 aliphatic carbocycles. The Labute approximate surface area is 124 Å². The van der Waals surface area contributed by atoms with Crippen molar-refractivity contribution in [3.8, 4) is 6.07 Å². The van der Waals surface area contributed by atoms with Gasteiger partial charge in [-0.3, -0.25) is 4.79 Å². The standard InChI is InChI=1S/C12H11F3N2O4S/c1-17(5-4-11(18)19)22(20,21)10-3-2-8(7-16)6-9(10)12(13,14)15/h2-3,6H,4-5H2,1H3,(H,18,19). The van der Waals surface area contributed by atoms with Crippen molar-refractivity contribution < 1.29 is 31.5 Å². The largest absolute Gasteiger partial charge is 0.481 e. The summed E-state index contributed by atoms with van der Waals surface area (Å²) in [4.78, 5) is 9.42. The maximum atomic E-state index is 13.0. The number of alkyl halides is 3. The summed E-state index contributed by atoms with van der Waals surface area (Å²) < 4.78 is 63.8. The van der Waals surface area contributed by atoms with Crippen LogP contribution in [0.25, 0.3) is 0 Å². The zero-order valence-electron chi connectivity index (χ0n) is 11.3. The summed E-state index contributed by atoms with van der Waals surface area (Å²) in [5.41, 5.74) is -1.80. The number of benzene rings is 1. The highest BCUT2D eigenvalue weighted by Gasteiger charge is 2.38. The molecular formula is C12H11F3N2O4S. The average Bonchev–Trinajstić information content (AvgIpc) is 2.42. The number of halogens is 3. The normalized spacial score (nSPS) is 12.2. The zero-order valence-corrected chi connectivity index (χ0v) is 12.1. The van der Waals surface area contributed by atoms with Crippen LogP contribution in [0.3, 0.4) is 0 Å². The van der Waals surface area contributed by atoms with Crippen LogP contribution in [0, 0.1) is 11.3 Å². The van der Waals surface area contributed by atoms with Gasteiger partial charge in [-0.1, -0.05) is 0 Å². The van der Waals surface area contributed by atoms with Crippen LogP contribution in [0.4, 0.5) is 13.2 Å². The molecule has 120 valence electrons. The van der Waals surface area contributed by atoms with Crippen molar-refractivity contribution in [3.63, 3.8) is 0 Å². The van der Waals surface area contributed by atoms with Crippen LogP contribution in [0.1, 0.15) is 17.5 Å². The Hall–Kier alpha value is -2.12. The van der Waals surface area contributed by atoms with Crippen molar-refractivity contribution >= 4 is 16.0 Å². The van der Waals surface area contributed by atoms with Gasteiger partial charge in [0.25, 0.3) is 0 Å². The fourth-order valence-electron chi connectivity index (χ4n) is 1.59. The van der Waals surface area contributed by atoms with Gasteiger partial charge in [0.2, 0.25) is 10.0 Å². The number of carbonyl (C=O) groups is 1. The molecule has 1 aromatic carbocycles. The summed E-state index contributed by atoms with van der Waals surface area (Å²) in [7, 11) is -3.55. The minimum absolute atomic E-state index is 0.334. The Morgan fingerprint density at radius 3 is 2.45 bits per heavy atom. The molecular weight excluding hydrogens is 325 g/mol. The summed E-state index contributed by atoms with van der Waals surface area (Å²) in [5.74, 6) is -1.28. The number of sulfonamides is 1. The van der Waals surface area contributed by atoms with E-state index in [0.717, 1.165) is 13.1 Å². The number of hydrogen-bond donors (Lipinski definition) is 1. The van der Waals surface area contributed by atoms with Crippen molar-refractivity contribution in [3.05, 3.63) is 29.3 Å². The Morgan fingerprint density at radius 2 is 2.00 bits per heavy atom. The monoisotopic (exact) mass is 336 g/mol. The summed E-state index contributed by atoms with van der Waals surface area (Å²) in [5, 5.41) is 17.1. The lowest BCUT2D eigenvalue weighted by Gasteiger charge is -2.19. The first-order chi connectivity index (χ1) is 10.00. The van der Waals surface area contributed by atoms with Gasteiger partial charge in [-0.05, 0) is 18.2 Å². The first-order valence-corrected chi connectivity index (χ1v) is 7.23. The predicted molar refractivity (Wildman–Crippen MR) is 68.2 cm³/mol. The second-order valence-electron chi connectivity index (χ2n) is 4.29. The number of rotatable bonds is 5. The summed E-state index contributed by atoms with van der Waals surface area (Å²) in [6, 6.07) is 3.58. The number of hydrogen-bond acceptors (Lipinski definition) is 4. The third-order valence-electron chi connectivity index (χ3n) is 2.74. The lowest BCUT2D eigenvalue weighted by Crippen LogP contribution is -2.31. The molecule has 0 bridgehead atoms. The van der Waals surface area contributed by atoms with Gasteiger partial charge in [-0.2, -0.15) is 18.4 Å². The fourth-order valence-corrected chi connectivity index (χ4v) is 2.95. The zero-order chi connectivity index (χ0) is 17.1. The molecule has 0 unspecified atom stereocenters. The smallest absolute Gasteiger partial charge is 0.417 e. The molecule has 0 atom stereocenters. The molecule has 0 fully saturated rings. The lowest BCUT2D eigenvalue weighted by molar-refractivity contribution is -0.140. The SMILES string of the molecule is CN(CCC(=O)O)S(=O)(=O)c1ccc(C#N)cc1C(F)(F)F. The van der Waals surface area contributed by atoms with Gasteiger partial charge < -0.3 is 5.11 Å². The second-order valence-corrected chi connectivity index (χ2v) is 6.30. The Bertz CT molecular complexity index is 723. The average molecular weight is 336 g/mol. The van der Waals surface area contributed by atoms with E-state index in [9.17, 15) is 26.4 Å². The molecule has 10 heteroatoms. The Morgan fingerprint density at radius 1 is 1.41 bits per heavy atom. The molecule has 0 amide bonds. The van der Waals surface area contributed by atoms with Crippen molar-refractivity contribution in [2.45, 2.75) is 17.5 Å². The van der Waals surface area contributed by atoms with E-state index in [1.54, 1.807) is 0 Å². The molecule has 0 saturated carbocycles. The molecule has 0 aromatic heterocycles. The fraction of sp³-hybridized carbons (Fsp3) is 0.333. The topological polar surface area (TPSA) is 98.5 Å². The molecule has 1 N–H and O–H groups in total. The highest BCUT2D eigenvalue weighted by atomic mass is 32.2. The highest BCUT2D eigenvalue weighted by Crippen LogP contribution is 2.35. The van der Waals surface area contributed by atoms with Crippen molar-refractivity contribution in [1.82, 2.24) is 4.31 Å². The van der Waals surface area contributed by atoms with Crippen molar-refractivity contribution in [2.75, 3.05) is 13.6 Å². The van der Waals surface area contributed by atoms with E-state index in [2.05, 4.69) is 0 Å². The molecule has 0 aliphatic rings. The Kier molecular flexibility index (Phi) is 5.16. The third-order valence-corrected chi connectivity index (χ3v) is 4.66. The molecule has 1 aromatic rings. The van der Waals surface area contributed by atoms with Crippen LogP contribution < -0.4 is 0 Å². The van der Waals surface area contributed by atoms with E-state index in [0.29, 0.717) is 16.4 Å². The first kappa shape index (κ1) is 17.9. The number of aliphatic carboxylic acids is 1. The molecule has 6 nitrogen and oxygen atoms in total. The van der Waals surface area contributed by atoms with Gasteiger partial charge in [0, 0.05) is 13.6 Å². The van der Waals surface area contributed by atoms with E-state index >= 15 is 0 Å². The van der Waals surface area contributed by atoms with Crippen LogP contribution in [0.15, 0.2) is 23.1 Å². The van der Waals surface area contributed by atoms with E-state index < -0.39 is 45.6 Å². The summed E-state index contributed by atoms with van der Waals surface area (Å²) in [6.07, 6.45) is -5.52. The maximum Gasteiger partial charge on any atom is 0.417 e.